The third-order valence-electron chi connectivity index (χ3n) is 2.81. The Bertz CT molecular complexity index is 745. The monoisotopic (exact) mass is 367 g/mol. The van der Waals surface area contributed by atoms with Gasteiger partial charge in [-0.2, -0.15) is 0 Å². The summed E-state index contributed by atoms with van der Waals surface area (Å²) in [4.78, 5) is 34.1. The summed E-state index contributed by atoms with van der Waals surface area (Å²) in [5.41, 5.74) is 0. The van der Waals surface area contributed by atoms with Crippen LogP contribution < -0.4 is 4.74 Å². The Morgan fingerprint density at radius 3 is 2.46 bits per heavy atom. The second kappa shape index (κ2) is 10.4. The summed E-state index contributed by atoms with van der Waals surface area (Å²) in [5, 5.41) is 27.7. The topological polar surface area (TPSA) is 154 Å². The number of aliphatic hydroxyl groups excluding tert-OH is 1. The molecule has 140 valence electrons. The lowest BCUT2D eigenvalue weighted by Gasteiger charge is -2.03. The van der Waals surface area contributed by atoms with Crippen LogP contribution in [0.1, 0.15) is 12.7 Å². The first-order chi connectivity index (χ1) is 12.3. The molecule has 1 heterocycles. The van der Waals surface area contributed by atoms with Crippen LogP contribution in [-0.2, 0) is 22.7 Å². The number of ether oxygens (including phenoxy) is 2. The Balaban J connectivity index is 0.000000289. The van der Waals surface area contributed by atoms with E-state index in [0.29, 0.717) is 5.75 Å². The number of nitro groups is 1. The van der Waals surface area contributed by atoms with E-state index in [1.807, 2.05) is 0 Å². The van der Waals surface area contributed by atoms with Crippen LogP contribution in [0.15, 0.2) is 36.5 Å². The maximum absolute atomic E-state index is 10.6. The molecule has 11 nitrogen and oxygen atoms in total. The second-order valence-corrected chi connectivity index (χ2v) is 4.62. The number of hydrogen-bond donors (Lipinski definition) is 2. The predicted octanol–water partition coefficient (Wildman–Crippen LogP) is 1.59. The predicted molar refractivity (Wildman–Crippen MR) is 86.5 cm³/mol. The van der Waals surface area contributed by atoms with Crippen LogP contribution in [0.2, 0.25) is 0 Å². The van der Waals surface area contributed by atoms with Crippen molar-refractivity contribution in [2.75, 3.05) is 6.61 Å². The first kappa shape index (κ1) is 20.6. The highest BCUT2D eigenvalue weighted by Gasteiger charge is 2.19. The van der Waals surface area contributed by atoms with Crippen LogP contribution in [0.3, 0.4) is 0 Å². The summed E-state index contributed by atoms with van der Waals surface area (Å²) >= 11 is 0. The van der Waals surface area contributed by atoms with Crippen molar-refractivity contribution in [3.05, 3.63) is 52.5 Å². The number of imidazole rings is 1. The summed E-state index contributed by atoms with van der Waals surface area (Å²) in [6, 6.07) is 8.35. The maximum Gasteiger partial charge on any atom is 0.511 e. The number of benzene rings is 1. The molecule has 0 unspecified atom stereocenters. The van der Waals surface area contributed by atoms with Crippen molar-refractivity contribution < 1.29 is 34.2 Å². The smallest absolute Gasteiger partial charge is 0.462 e. The molecule has 0 saturated carbocycles. The molecule has 1 aromatic carbocycles. The van der Waals surface area contributed by atoms with E-state index in [4.69, 9.17) is 10.2 Å². The molecule has 0 aliphatic heterocycles. The van der Waals surface area contributed by atoms with Crippen LogP contribution in [-0.4, -0.2) is 43.4 Å². The molecule has 0 amide bonds. The SMILES string of the molecule is CC(=O)OCCn1c([N+](=O)[O-])cnc1CO.O=C(O)Oc1ccccc1. The van der Waals surface area contributed by atoms with E-state index in [0.717, 1.165) is 6.20 Å². The van der Waals surface area contributed by atoms with Gasteiger partial charge in [0, 0.05) is 6.92 Å². The summed E-state index contributed by atoms with van der Waals surface area (Å²) in [6.45, 7) is 0.925. The van der Waals surface area contributed by atoms with Gasteiger partial charge in [-0.1, -0.05) is 18.2 Å². The minimum absolute atomic E-state index is 0.000463. The van der Waals surface area contributed by atoms with Gasteiger partial charge in [0.15, 0.2) is 0 Å². The number of hydrogen-bond acceptors (Lipinski definition) is 8. The molecule has 0 fully saturated rings. The Hall–Kier alpha value is -3.47. The van der Waals surface area contributed by atoms with E-state index < -0.39 is 23.7 Å². The van der Waals surface area contributed by atoms with Gasteiger partial charge in [-0.05, 0) is 17.1 Å². The molecule has 0 saturated heterocycles. The van der Waals surface area contributed by atoms with Gasteiger partial charge in [0.2, 0.25) is 5.82 Å². The number of aliphatic hydroxyl groups is 1. The van der Waals surface area contributed by atoms with Crippen molar-refractivity contribution in [2.24, 2.45) is 0 Å². The van der Waals surface area contributed by atoms with Crippen LogP contribution in [0.25, 0.3) is 0 Å². The van der Waals surface area contributed by atoms with Crippen molar-refractivity contribution in [3.8, 4) is 5.75 Å². The average Bonchev–Trinajstić information content (AvgIpc) is 2.98. The molecule has 0 spiro atoms. The van der Waals surface area contributed by atoms with E-state index in [2.05, 4.69) is 14.5 Å². The number of carbonyl (C=O) groups excluding carboxylic acids is 1. The van der Waals surface area contributed by atoms with Gasteiger partial charge in [-0.3, -0.25) is 4.79 Å². The molecule has 2 aromatic rings. The highest BCUT2D eigenvalue weighted by atomic mass is 16.7. The Labute approximate surface area is 147 Å². The summed E-state index contributed by atoms with van der Waals surface area (Å²) in [7, 11) is 0. The fourth-order valence-electron chi connectivity index (χ4n) is 1.79. The normalized spacial score (nSPS) is 9.62. The third-order valence-corrected chi connectivity index (χ3v) is 2.81. The Morgan fingerprint density at radius 2 is 1.96 bits per heavy atom. The number of aromatic nitrogens is 2. The quantitative estimate of drug-likeness (QED) is 0.335. The van der Waals surface area contributed by atoms with Crippen LogP contribution in [0.4, 0.5) is 10.6 Å². The average molecular weight is 367 g/mol. The molecule has 1 aromatic heterocycles. The molecular weight excluding hydrogens is 350 g/mol. The fourth-order valence-corrected chi connectivity index (χ4v) is 1.79. The number of nitrogens with zero attached hydrogens (tertiary/aromatic N) is 3. The van der Waals surface area contributed by atoms with E-state index in [1.165, 1.54) is 11.5 Å². The van der Waals surface area contributed by atoms with Crippen molar-refractivity contribution in [3.63, 3.8) is 0 Å². The van der Waals surface area contributed by atoms with Gasteiger partial charge >= 0.3 is 17.9 Å². The zero-order valence-electron chi connectivity index (χ0n) is 13.8. The van der Waals surface area contributed by atoms with Gasteiger partial charge in [-0.25, -0.2) is 14.3 Å². The van der Waals surface area contributed by atoms with Gasteiger partial charge in [0.05, 0.1) is 0 Å². The molecular formula is C15H17N3O8. The molecule has 0 aliphatic carbocycles. The number of para-hydroxylation sites is 1. The molecule has 2 N–H and O–H groups in total. The third kappa shape index (κ3) is 6.97. The molecule has 11 heteroatoms. The van der Waals surface area contributed by atoms with E-state index in [1.54, 1.807) is 30.3 Å². The highest BCUT2D eigenvalue weighted by molar-refractivity contribution is 5.65. The standard InChI is InChI=1S/C8H11N3O5.C7H6O3/c1-6(13)16-3-2-10-7(5-12)9-4-8(10)11(14)15;8-7(9)10-6-4-2-1-3-5-6/h4,12H,2-3,5H2,1H3;1-5H,(H,8,9). The fraction of sp³-hybridized carbons (Fsp3) is 0.267. The second-order valence-electron chi connectivity index (χ2n) is 4.62. The highest BCUT2D eigenvalue weighted by Crippen LogP contribution is 2.13. The zero-order chi connectivity index (χ0) is 19.5. The van der Waals surface area contributed by atoms with E-state index in [-0.39, 0.29) is 24.8 Å². The molecule has 2 rings (SSSR count). The Morgan fingerprint density at radius 1 is 1.31 bits per heavy atom. The minimum atomic E-state index is -1.29. The van der Waals surface area contributed by atoms with E-state index in [9.17, 15) is 19.7 Å². The zero-order valence-corrected chi connectivity index (χ0v) is 13.8. The lowest BCUT2D eigenvalue weighted by molar-refractivity contribution is -0.392. The molecule has 0 aliphatic rings. The largest absolute Gasteiger partial charge is 0.511 e. The summed E-state index contributed by atoms with van der Waals surface area (Å²) < 4.78 is 10.2. The van der Waals surface area contributed by atoms with E-state index >= 15 is 0 Å². The van der Waals surface area contributed by atoms with Crippen LogP contribution in [0, 0.1) is 10.1 Å². The first-order valence-corrected chi connectivity index (χ1v) is 7.24. The van der Waals surface area contributed by atoms with Crippen molar-refractivity contribution in [2.45, 2.75) is 20.1 Å². The first-order valence-electron chi connectivity index (χ1n) is 7.24. The summed E-state index contributed by atoms with van der Waals surface area (Å²) in [6.07, 6.45) is -0.231. The lowest BCUT2D eigenvalue weighted by Crippen LogP contribution is -2.13. The van der Waals surface area contributed by atoms with Crippen molar-refractivity contribution in [1.29, 1.82) is 0 Å². The molecule has 0 bridgehead atoms. The Kier molecular flexibility index (Phi) is 8.23. The van der Waals surface area contributed by atoms with Crippen LogP contribution in [0.5, 0.6) is 5.75 Å². The summed E-state index contributed by atoms with van der Waals surface area (Å²) in [5.74, 6) is -0.196. The number of carbonyl (C=O) groups is 2. The van der Waals surface area contributed by atoms with Crippen molar-refractivity contribution >= 4 is 17.9 Å². The van der Waals surface area contributed by atoms with Crippen molar-refractivity contribution in [1.82, 2.24) is 9.55 Å². The molecule has 26 heavy (non-hydrogen) atoms. The number of esters is 1. The van der Waals surface area contributed by atoms with Gasteiger partial charge < -0.3 is 29.8 Å². The van der Waals surface area contributed by atoms with Crippen LogP contribution >= 0.6 is 0 Å². The number of rotatable bonds is 6. The lowest BCUT2D eigenvalue weighted by atomic mass is 10.3. The molecule has 0 atom stereocenters. The minimum Gasteiger partial charge on any atom is -0.462 e. The number of carboxylic acid groups (broad SMARTS) is 1. The maximum atomic E-state index is 10.6. The molecule has 0 radical (unpaired) electrons. The van der Waals surface area contributed by atoms with Gasteiger partial charge in [0.25, 0.3) is 0 Å². The van der Waals surface area contributed by atoms with Gasteiger partial charge in [0.1, 0.15) is 31.7 Å². The van der Waals surface area contributed by atoms with Gasteiger partial charge in [-0.15, -0.1) is 0 Å².